The summed E-state index contributed by atoms with van der Waals surface area (Å²) in [5.41, 5.74) is 7.62. The zero-order valence-electron chi connectivity index (χ0n) is 11.2. The zero-order valence-corrected chi connectivity index (χ0v) is 12.0. The van der Waals surface area contributed by atoms with Crippen molar-refractivity contribution in [3.8, 4) is 0 Å². The Morgan fingerprint density at radius 2 is 1.89 bits per heavy atom. The molecule has 1 aliphatic heterocycles. The highest BCUT2D eigenvalue weighted by Crippen LogP contribution is 2.21. The number of piperazine rings is 1. The molecule has 4 heteroatoms. The average molecular weight is 268 g/mol. The maximum atomic E-state index is 6.04. The van der Waals surface area contributed by atoms with Crippen molar-refractivity contribution >= 4 is 17.3 Å². The van der Waals surface area contributed by atoms with E-state index in [0.29, 0.717) is 16.8 Å². The molecule has 1 aromatic carbocycles. The van der Waals surface area contributed by atoms with Crippen molar-refractivity contribution in [3.05, 3.63) is 28.8 Å². The van der Waals surface area contributed by atoms with Crippen LogP contribution in [0, 0.1) is 0 Å². The Morgan fingerprint density at radius 3 is 2.44 bits per heavy atom. The molecule has 1 heterocycles. The Labute approximate surface area is 115 Å². The molecule has 0 spiro atoms. The largest absolute Gasteiger partial charge is 0.398 e. The molecular weight excluding hydrogens is 246 g/mol. The minimum Gasteiger partial charge on any atom is -0.398 e. The fraction of sp³-hybridized carbons (Fsp3) is 0.571. The number of hydrogen-bond acceptors (Lipinski definition) is 3. The van der Waals surface area contributed by atoms with E-state index in [2.05, 4.69) is 29.7 Å². The van der Waals surface area contributed by atoms with Crippen LogP contribution in [0.3, 0.4) is 0 Å². The lowest BCUT2D eigenvalue weighted by Crippen LogP contribution is -2.48. The Bertz CT molecular complexity index is 398. The highest BCUT2D eigenvalue weighted by molar-refractivity contribution is 6.33. The van der Waals surface area contributed by atoms with Gasteiger partial charge < -0.3 is 5.73 Å². The first-order valence-electron chi connectivity index (χ1n) is 6.56. The molecule has 0 saturated carbocycles. The van der Waals surface area contributed by atoms with Crippen molar-refractivity contribution in [3.63, 3.8) is 0 Å². The predicted octanol–water partition coefficient (Wildman–Crippen LogP) is 2.45. The molecule has 1 aliphatic rings. The van der Waals surface area contributed by atoms with E-state index in [0.717, 1.165) is 32.7 Å². The van der Waals surface area contributed by atoms with E-state index in [4.69, 9.17) is 17.3 Å². The van der Waals surface area contributed by atoms with Crippen LogP contribution in [0.25, 0.3) is 0 Å². The van der Waals surface area contributed by atoms with Gasteiger partial charge >= 0.3 is 0 Å². The van der Waals surface area contributed by atoms with Crippen molar-refractivity contribution in [1.82, 2.24) is 9.80 Å². The molecule has 0 aliphatic carbocycles. The van der Waals surface area contributed by atoms with Gasteiger partial charge in [-0.05, 0) is 31.5 Å². The summed E-state index contributed by atoms with van der Waals surface area (Å²) in [4.78, 5) is 4.99. The van der Waals surface area contributed by atoms with Crippen LogP contribution in [-0.4, -0.2) is 42.0 Å². The molecule has 2 rings (SSSR count). The summed E-state index contributed by atoms with van der Waals surface area (Å²) in [5.74, 6) is 0. The van der Waals surface area contributed by atoms with E-state index < -0.39 is 0 Å². The fourth-order valence-corrected chi connectivity index (χ4v) is 2.57. The monoisotopic (exact) mass is 267 g/mol. The number of nitrogen functional groups attached to an aromatic ring is 1. The molecule has 18 heavy (non-hydrogen) atoms. The first-order valence-corrected chi connectivity index (χ1v) is 6.94. The van der Waals surface area contributed by atoms with E-state index >= 15 is 0 Å². The van der Waals surface area contributed by atoms with E-state index in [1.807, 2.05) is 12.1 Å². The van der Waals surface area contributed by atoms with E-state index in [-0.39, 0.29) is 0 Å². The Hall–Kier alpha value is -0.770. The van der Waals surface area contributed by atoms with E-state index in [1.54, 1.807) is 0 Å². The number of halogens is 1. The van der Waals surface area contributed by atoms with Crippen LogP contribution in [0.2, 0.25) is 5.02 Å². The summed E-state index contributed by atoms with van der Waals surface area (Å²) >= 11 is 6.04. The lowest BCUT2D eigenvalue weighted by molar-refractivity contribution is 0.104. The number of nitrogens with zero attached hydrogens (tertiary/aromatic N) is 2. The number of rotatable bonds is 3. The maximum Gasteiger partial charge on any atom is 0.0638 e. The van der Waals surface area contributed by atoms with Crippen molar-refractivity contribution in [1.29, 1.82) is 0 Å². The summed E-state index contributed by atoms with van der Waals surface area (Å²) in [6, 6.07) is 6.59. The third-order valence-electron chi connectivity index (χ3n) is 3.61. The molecule has 1 saturated heterocycles. The first kappa shape index (κ1) is 13.7. The van der Waals surface area contributed by atoms with Gasteiger partial charge in [0.1, 0.15) is 0 Å². The predicted molar refractivity (Wildman–Crippen MR) is 77.9 cm³/mol. The van der Waals surface area contributed by atoms with Gasteiger partial charge in [0.25, 0.3) is 0 Å². The molecule has 2 N–H and O–H groups in total. The Balaban J connectivity index is 1.89. The maximum absolute atomic E-state index is 6.04. The second kappa shape index (κ2) is 5.91. The summed E-state index contributed by atoms with van der Waals surface area (Å²) in [6.45, 7) is 10.0. The fourth-order valence-electron chi connectivity index (χ4n) is 2.37. The summed E-state index contributed by atoms with van der Waals surface area (Å²) in [7, 11) is 0. The van der Waals surface area contributed by atoms with Gasteiger partial charge in [-0.2, -0.15) is 0 Å². The molecule has 3 nitrogen and oxygen atoms in total. The molecule has 0 bridgehead atoms. The number of hydrogen-bond donors (Lipinski definition) is 1. The second-order valence-electron chi connectivity index (χ2n) is 5.26. The van der Waals surface area contributed by atoms with Gasteiger partial charge in [-0.1, -0.05) is 17.7 Å². The van der Waals surface area contributed by atoms with Gasteiger partial charge in [-0.25, -0.2) is 0 Å². The summed E-state index contributed by atoms with van der Waals surface area (Å²) in [6.07, 6.45) is 0. The van der Waals surface area contributed by atoms with Gasteiger partial charge in [0.2, 0.25) is 0 Å². The molecule has 1 fully saturated rings. The summed E-state index contributed by atoms with van der Waals surface area (Å²) in [5, 5.41) is 0.660. The van der Waals surface area contributed by atoms with Crippen LogP contribution in [0.15, 0.2) is 18.2 Å². The topological polar surface area (TPSA) is 32.5 Å². The summed E-state index contributed by atoms with van der Waals surface area (Å²) < 4.78 is 0. The molecule has 100 valence electrons. The third kappa shape index (κ3) is 3.37. The molecule has 1 aromatic rings. The van der Waals surface area contributed by atoms with Crippen LogP contribution >= 0.6 is 11.6 Å². The minimum absolute atomic E-state index is 0.651. The Kier molecular flexibility index (Phi) is 4.49. The van der Waals surface area contributed by atoms with E-state index in [9.17, 15) is 0 Å². The normalized spacial score (nSPS) is 18.4. The standard InChI is InChI=1S/C14H22ClN3/c1-11(2)18-7-5-17(6-8-18)10-12-3-4-14(16)13(15)9-12/h3-4,9,11H,5-8,10,16H2,1-2H3. The molecule has 0 aromatic heterocycles. The second-order valence-corrected chi connectivity index (χ2v) is 5.67. The quantitative estimate of drug-likeness (QED) is 0.854. The van der Waals surface area contributed by atoms with Crippen molar-refractivity contribution in [2.75, 3.05) is 31.9 Å². The third-order valence-corrected chi connectivity index (χ3v) is 3.94. The van der Waals surface area contributed by atoms with Crippen LogP contribution in [0.1, 0.15) is 19.4 Å². The minimum atomic E-state index is 0.651. The first-order chi connectivity index (χ1) is 8.56. The van der Waals surface area contributed by atoms with Crippen molar-refractivity contribution in [2.45, 2.75) is 26.4 Å². The van der Waals surface area contributed by atoms with Gasteiger partial charge in [-0.3, -0.25) is 9.80 Å². The van der Waals surface area contributed by atoms with Crippen LogP contribution in [0.5, 0.6) is 0 Å². The lowest BCUT2D eigenvalue weighted by Gasteiger charge is -2.37. The highest BCUT2D eigenvalue weighted by atomic mass is 35.5. The molecule has 0 atom stereocenters. The molecule has 0 unspecified atom stereocenters. The van der Waals surface area contributed by atoms with Crippen LogP contribution < -0.4 is 5.73 Å². The van der Waals surface area contributed by atoms with Crippen molar-refractivity contribution < 1.29 is 0 Å². The average Bonchev–Trinajstić information content (AvgIpc) is 2.34. The number of anilines is 1. The van der Waals surface area contributed by atoms with Crippen molar-refractivity contribution in [2.24, 2.45) is 0 Å². The SMILES string of the molecule is CC(C)N1CCN(Cc2ccc(N)c(Cl)c2)CC1. The molecule has 0 radical (unpaired) electrons. The lowest BCUT2D eigenvalue weighted by atomic mass is 10.1. The Morgan fingerprint density at radius 1 is 1.22 bits per heavy atom. The van der Waals surface area contributed by atoms with E-state index in [1.165, 1.54) is 5.56 Å². The van der Waals surface area contributed by atoms with Gasteiger partial charge in [-0.15, -0.1) is 0 Å². The van der Waals surface area contributed by atoms with Crippen LogP contribution in [-0.2, 0) is 6.54 Å². The molecule has 0 amide bonds. The van der Waals surface area contributed by atoms with Gasteiger partial charge in [0.05, 0.1) is 10.7 Å². The van der Waals surface area contributed by atoms with Gasteiger partial charge in [0, 0.05) is 38.8 Å². The molecular formula is C14H22ClN3. The van der Waals surface area contributed by atoms with Crippen LogP contribution in [0.4, 0.5) is 5.69 Å². The zero-order chi connectivity index (χ0) is 13.1. The van der Waals surface area contributed by atoms with Gasteiger partial charge in [0.15, 0.2) is 0 Å². The smallest absolute Gasteiger partial charge is 0.0638 e. The highest BCUT2D eigenvalue weighted by Gasteiger charge is 2.18. The number of nitrogens with two attached hydrogens (primary N) is 1. The number of benzene rings is 1.